The van der Waals surface area contributed by atoms with E-state index in [4.69, 9.17) is 4.74 Å². The zero-order valence-electron chi connectivity index (χ0n) is 16.4. The quantitative estimate of drug-likeness (QED) is 0.831. The minimum absolute atomic E-state index is 0.109. The molecule has 0 atom stereocenters. The lowest BCUT2D eigenvalue weighted by Gasteiger charge is -2.32. The van der Waals surface area contributed by atoms with Gasteiger partial charge in [0.05, 0.1) is 5.56 Å². The van der Waals surface area contributed by atoms with Crippen LogP contribution in [0.25, 0.3) is 0 Å². The highest BCUT2D eigenvalue weighted by molar-refractivity contribution is 5.79. The summed E-state index contributed by atoms with van der Waals surface area (Å²) in [5.74, 6) is -0.440. The second-order valence-corrected chi connectivity index (χ2v) is 7.94. The molecule has 2 rings (SSSR count). The highest BCUT2D eigenvalue weighted by atomic mass is 19.4. The van der Waals surface area contributed by atoms with Gasteiger partial charge in [0.25, 0.3) is 0 Å². The predicted molar refractivity (Wildman–Crippen MR) is 98.7 cm³/mol. The highest BCUT2D eigenvalue weighted by Crippen LogP contribution is 2.32. The maximum absolute atomic E-state index is 13.0. The fraction of sp³-hybridized carbons (Fsp3) is 0.600. The molecule has 0 saturated carbocycles. The molecule has 1 heterocycles. The Bertz CT molecular complexity index is 691. The zero-order chi connectivity index (χ0) is 20.9. The first-order chi connectivity index (χ1) is 13.0. The van der Waals surface area contributed by atoms with Crippen molar-refractivity contribution in [1.82, 2.24) is 10.2 Å². The number of rotatable bonds is 4. The number of carbonyl (C=O) groups excluding carboxylic acids is 2. The van der Waals surface area contributed by atoms with Gasteiger partial charge in [-0.3, -0.25) is 4.79 Å². The van der Waals surface area contributed by atoms with Gasteiger partial charge in [0, 0.05) is 25.6 Å². The molecular weight excluding hydrogens is 373 g/mol. The Hall–Kier alpha value is -2.25. The Labute approximate surface area is 163 Å². The van der Waals surface area contributed by atoms with Crippen LogP contribution in [0.1, 0.15) is 44.7 Å². The van der Waals surface area contributed by atoms with Crippen molar-refractivity contribution >= 4 is 12.0 Å². The SMILES string of the molecule is CC(C)(C)OC(=O)N1CCC(C(=O)NCCc2ccccc2C(F)(F)F)CC1. The molecular formula is C20H27F3N2O3. The average Bonchev–Trinajstić information content (AvgIpc) is 2.60. The van der Waals surface area contributed by atoms with Crippen molar-refractivity contribution < 1.29 is 27.5 Å². The van der Waals surface area contributed by atoms with E-state index in [0.717, 1.165) is 6.07 Å². The molecule has 28 heavy (non-hydrogen) atoms. The van der Waals surface area contributed by atoms with E-state index < -0.39 is 23.4 Å². The Morgan fingerprint density at radius 1 is 1.14 bits per heavy atom. The van der Waals surface area contributed by atoms with Crippen LogP contribution in [0.15, 0.2) is 24.3 Å². The predicted octanol–water partition coefficient (Wildman–Crippen LogP) is 4.01. The summed E-state index contributed by atoms with van der Waals surface area (Å²) in [5.41, 5.74) is -1.08. The molecule has 0 spiro atoms. The number of amides is 2. The van der Waals surface area contributed by atoms with Crippen molar-refractivity contribution in [1.29, 1.82) is 0 Å². The summed E-state index contributed by atoms with van der Waals surface area (Å²) in [6.07, 6.45) is -3.68. The molecule has 0 aliphatic carbocycles. The van der Waals surface area contributed by atoms with Gasteiger partial charge < -0.3 is 15.0 Å². The van der Waals surface area contributed by atoms with Crippen molar-refractivity contribution in [3.63, 3.8) is 0 Å². The first kappa shape index (κ1) is 22.0. The van der Waals surface area contributed by atoms with Crippen LogP contribution in [0, 0.1) is 5.92 Å². The maximum Gasteiger partial charge on any atom is 0.416 e. The summed E-state index contributed by atoms with van der Waals surface area (Å²) in [7, 11) is 0. The van der Waals surface area contributed by atoms with Gasteiger partial charge in [-0.25, -0.2) is 4.79 Å². The van der Waals surface area contributed by atoms with Gasteiger partial charge in [-0.05, 0) is 51.7 Å². The summed E-state index contributed by atoms with van der Waals surface area (Å²) in [6, 6.07) is 5.37. The Morgan fingerprint density at radius 3 is 2.32 bits per heavy atom. The Balaban J connectivity index is 1.79. The van der Waals surface area contributed by atoms with Crippen molar-refractivity contribution in [3.05, 3.63) is 35.4 Å². The molecule has 1 N–H and O–H groups in total. The number of halogens is 3. The molecule has 5 nitrogen and oxygen atoms in total. The van der Waals surface area contributed by atoms with E-state index in [1.807, 2.05) is 0 Å². The smallest absolute Gasteiger partial charge is 0.416 e. The minimum atomic E-state index is -4.41. The Kier molecular flexibility index (Phi) is 6.96. The van der Waals surface area contributed by atoms with Crippen molar-refractivity contribution in [2.75, 3.05) is 19.6 Å². The lowest BCUT2D eigenvalue weighted by atomic mass is 9.96. The molecule has 1 aromatic carbocycles. The van der Waals surface area contributed by atoms with Crippen LogP contribution in [0.2, 0.25) is 0 Å². The summed E-state index contributed by atoms with van der Waals surface area (Å²) >= 11 is 0. The second kappa shape index (κ2) is 8.84. The number of benzene rings is 1. The summed E-state index contributed by atoms with van der Waals surface area (Å²) in [6.45, 7) is 6.36. The summed E-state index contributed by atoms with van der Waals surface area (Å²) in [5, 5.41) is 2.72. The van der Waals surface area contributed by atoms with Gasteiger partial charge in [-0.15, -0.1) is 0 Å². The molecule has 1 aromatic rings. The largest absolute Gasteiger partial charge is 0.444 e. The fourth-order valence-electron chi connectivity index (χ4n) is 3.13. The van der Waals surface area contributed by atoms with Crippen molar-refractivity contribution in [2.45, 2.75) is 51.8 Å². The third-order valence-electron chi connectivity index (χ3n) is 4.53. The first-order valence-corrected chi connectivity index (χ1v) is 9.38. The number of ether oxygens (including phenoxy) is 1. The molecule has 2 amide bonds. The van der Waals surface area contributed by atoms with E-state index >= 15 is 0 Å². The number of piperidine rings is 1. The maximum atomic E-state index is 13.0. The normalized spacial score (nSPS) is 16.0. The first-order valence-electron chi connectivity index (χ1n) is 9.38. The van der Waals surface area contributed by atoms with Crippen LogP contribution < -0.4 is 5.32 Å². The number of hydrogen-bond acceptors (Lipinski definition) is 3. The van der Waals surface area contributed by atoms with Gasteiger partial charge in [-0.2, -0.15) is 13.2 Å². The molecule has 0 unspecified atom stereocenters. The molecule has 8 heteroatoms. The van der Waals surface area contributed by atoms with Crippen LogP contribution in [0.4, 0.5) is 18.0 Å². The molecule has 1 aliphatic rings. The number of nitrogens with zero attached hydrogens (tertiary/aromatic N) is 1. The van der Waals surface area contributed by atoms with Crippen LogP contribution in [-0.4, -0.2) is 42.1 Å². The Morgan fingerprint density at radius 2 is 1.75 bits per heavy atom. The topological polar surface area (TPSA) is 58.6 Å². The third kappa shape index (κ3) is 6.42. The van der Waals surface area contributed by atoms with E-state index in [1.54, 1.807) is 31.7 Å². The van der Waals surface area contributed by atoms with Crippen molar-refractivity contribution in [3.8, 4) is 0 Å². The summed E-state index contributed by atoms with van der Waals surface area (Å²) in [4.78, 5) is 25.9. The highest BCUT2D eigenvalue weighted by Gasteiger charge is 2.33. The number of nitrogens with one attached hydrogen (secondary N) is 1. The van der Waals surface area contributed by atoms with E-state index in [2.05, 4.69) is 5.32 Å². The van der Waals surface area contributed by atoms with E-state index in [0.29, 0.717) is 25.9 Å². The number of likely N-dealkylation sites (tertiary alicyclic amines) is 1. The van der Waals surface area contributed by atoms with Crippen LogP contribution in [-0.2, 0) is 22.1 Å². The molecule has 0 radical (unpaired) electrons. The minimum Gasteiger partial charge on any atom is -0.444 e. The lowest BCUT2D eigenvalue weighted by molar-refractivity contribution is -0.138. The third-order valence-corrected chi connectivity index (χ3v) is 4.53. The molecule has 0 aromatic heterocycles. The second-order valence-electron chi connectivity index (χ2n) is 7.94. The monoisotopic (exact) mass is 400 g/mol. The number of alkyl halides is 3. The van der Waals surface area contributed by atoms with Crippen LogP contribution in [0.5, 0.6) is 0 Å². The van der Waals surface area contributed by atoms with Gasteiger partial charge >= 0.3 is 12.3 Å². The van der Waals surface area contributed by atoms with Gasteiger partial charge in [-0.1, -0.05) is 18.2 Å². The van der Waals surface area contributed by atoms with E-state index in [1.165, 1.54) is 12.1 Å². The lowest BCUT2D eigenvalue weighted by Crippen LogP contribution is -2.45. The van der Waals surface area contributed by atoms with E-state index in [9.17, 15) is 22.8 Å². The average molecular weight is 400 g/mol. The van der Waals surface area contributed by atoms with Gasteiger partial charge in [0.15, 0.2) is 0 Å². The standard InChI is InChI=1S/C20H27F3N2O3/c1-19(2,3)28-18(27)25-12-9-15(10-13-25)17(26)24-11-8-14-6-4-5-7-16(14)20(21,22)23/h4-7,15H,8-13H2,1-3H3,(H,24,26). The van der Waals surface area contributed by atoms with Crippen LogP contribution in [0.3, 0.4) is 0 Å². The molecule has 156 valence electrons. The summed E-state index contributed by atoms with van der Waals surface area (Å²) < 4.78 is 44.3. The molecule has 1 aliphatic heterocycles. The molecule has 1 saturated heterocycles. The van der Waals surface area contributed by atoms with Gasteiger partial charge in [0.1, 0.15) is 5.60 Å². The van der Waals surface area contributed by atoms with Crippen LogP contribution >= 0.6 is 0 Å². The molecule has 1 fully saturated rings. The number of hydrogen-bond donors (Lipinski definition) is 1. The van der Waals surface area contributed by atoms with Crippen molar-refractivity contribution in [2.24, 2.45) is 5.92 Å². The zero-order valence-corrected chi connectivity index (χ0v) is 16.4. The number of carbonyl (C=O) groups is 2. The van der Waals surface area contributed by atoms with Gasteiger partial charge in [0.2, 0.25) is 5.91 Å². The van der Waals surface area contributed by atoms with E-state index in [-0.39, 0.29) is 30.4 Å². The molecule has 0 bridgehead atoms. The fourth-order valence-corrected chi connectivity index (χ4v) is 3.13.